The van der Waals surface area contributed by atoms with Crippen molar-refractivity contribution in [3.05, 3.63) is 35.2 Å². The molecule has 0 aliphatic rings. The maximum Gasteiger partial charge on any atom is 0.183 e. The first-order valence-electron chi connectivity index (χ1n) is 5.35. The summed E-state index contributed by atoms with van der Waals surface area (Å²) in [7, 11) is 0. The molecule has 1 aromatic heterocycles. The van der Waals surface area contributed by atoms with E-state index in [-0.39, 0.29) is 5.82 Å². The molecule has 0 saturated heterocycles. The van der Waals surface area contributed by atoms with Gasteiger partial charge in [-0.3, -0.25) is 0 Å². The van der Waals surface area contributed by atoms with Gasteiger partial charge in [0.1, 0.15) is 5.82 Å². The van der Waals surface area contributed by atoms with Gasteiger partial charge >= 0.3 is 0 Å². The van der Waals surface area contributed by atoms with Gasteiger partial charge in [-0.05, 0) is 30.2 Å². The first-order chi connectivity index (χ1) is 8.19. The highest BCUT2D eigenvalue weighted by molar-refractivity contribution is 7.18. The summed E-state index contributed by atoms with van der Waals surface area (Å²) in [4.78, 5) is 5.14. The van der Waals surface area contributed by atoms with Crippen molar-refractivity contribution in [1.29, 1.82) is 0 Å². The van der Waals surface area contributed by atoms with Crippen molar-refractivity contribution in [2.45, 2.75) is 13.3 Å². The number of nitrogens with one attached hydrogen (secondary N) is 1. The smallest absolute Gasteiger partial charge is 0.183 e. The van der Waals surface area contributed by atoms with Crippen molar-refractivity contribution >= 4 is 28.1 Å². The maximum absolute atomic E-state index is 13.2. The van der Waals surface area contributed by atoms with Gasteiger partial charge in [0.05, 0.1) is 4.88 Å². The number of hydrogen-bond donors (Lipinski definition) is 1. The Balaban J connectivity index is 2.24. The molecule has 0 unspecified atom stereocenters. The van der Waals surface area contributed by atoms with Crippen LogP contribution >= 0.6 is 22.9 Å². The average Bonchev–Trinajstić information content (AvgIpc) is 2.73. The molecule has 2 rings (SSSR count). The van der Waals surface area contributed by atoms with Crippen LogP contribution in [-0.4, -0.2) is 11.5 Å². The highest BCUT2D eigenvalue weighted by Gasteiger charge is 2.06. The van der Waals surface area contributed by atoms with Crippen LogP contribution in [0.3, 0.4) is 0 Å². The second kappa shape index (κ2) is 5.47. The van der Waals surface area contributed by atoms with E-state index < -0.39 is 0 Å². The summed E-state index contributed by atoms with van der Waals surface area (Å²) in [6, 6.07) is 4.49. The summed E-state index contributed by atoms with van der Waals surface area (Å²) in [5, 5.41) is 4.44. The van der Waals surface area contributed by atoms with E-state index in [1.54, 1.807) is 12.3 Å². The number of halogens is 2. The Morgan fingerprint density at radius 1 is 1.41 bits per heavy atom. The minimum Gasteiger partial charge on any atom is -0.362 e. The number of rotatable bonds is 4. The monoisotopic (exact) mass is 270 g/mol. The molecule has 0 aliphatic heterocycles. The number of hydrogen-bond acceptors (Lipinski definition) is 3. The van der Waals surface area contributed by atoms with Gasteiger partial charge in [0.2, 0.25) is 0 Å². The van der Waals surface area contributed by atoms with Crippen LogP contribution in [-0.2, 0) is 0 Å². The molecule has 0 bridgehead atoms. The molecule has 17 heavy (non-hydrogen) atoms. The lowest BCUT2D eigenvalue weighted by Gasteiger charge is -1.99. The fourth-order valence-electron chi connectivity index (χ4n) is 1.42. The van der Waals surface area contributed by atoms with Crippen LogP contribution in [0.1, 0.15) is 13.3 Å². The molecule has 0 radical (unpaired) electrons. The molecule has 1 aromatic carbocycles. The quantitative estimate of drug-likeness (QED) is 0.889. The SMILES string of the molecule is CCCNc1ncc(-c2cc(F)cc(Cl)c2)s1. The zero-order chi connectivity index (χ0) is 12.3. The summed E-state index contributed by atoms with van der Waals surface area (Å²) in [6.07, 6.45) is 2.77. The van der Waals surface area contributed by atoms with Crippen LogP contribution in [0.2, 0.25) is 5.02 Å². The molecule has 0 saturated carbocycles. The number of anilines is 1. The second-order valence-electron chi connectivity index (χ2n) is 3.61. The second-order valence-corrected chi connectivity index (χ2v) is 5.08. The topological polar surface area (TPSA) is 24.9 Å². The molecule has 1 heterocycles. The van der Waals surface area contributed by atoms with Gasteiger partial charge < -0.3 is 5.32 Å². The van der Waals surface area contributed by atoms with E-state index in [0.717, 1.165) is 28.5 Å². The van der Waals surface area contributed by atoms with E-state index in [9.17, 15) is 4.39 Å². The van der Waals surface area contributed by atoms with Gasteiger partial charge in [-0.2, -0.15) is 0 Å². The van der Waals surface area contributed by atoms with Crippen LogP contribution in [0.5, 0.6) is 0 Å². The Labute approximate surface area is 108 Å². The molecule has 5 heteroatoms. The van der Waals surface area contributed by atoms with E-state index in [1.165, 1.54) is 23.5 Å². The lowest BCUT2D eigenvalue weighted by Crippen LogP contribution is -1.97. The van der Waals surface area contributed by atoms with Crippen molar-refractivity contribution < 1.29 is 4.39 Å². The molecule has 0 amide bonds. The molecule has 90 valence electrons. The molecule has 0 aliphatic carbocycles. The standard InChI is InChI=1S/C12H12ClFN2S/c1-2-3-15-12-16-7-11(17-12)8-4-9(13)6-10(14)5-8/h4-7H,2-3H2,1H3,(H,15,16). The lowest BCUT2D eigenvalue weighted by molar-refractivity contribution is 0.628. The minimum absolute atomic E-state index is 0.330. The van der Waals surface area contributed by atoms with Crippen molar-refractivity contribution in [1.82, 2.24) is 4.98 Å². The number of benzene rings is 1. The first kappa shape index (κ1) is 12.3. The third-order valence-corrected chi connectivity index (χ3v) is 3.40. The Hall–Kier alpha value is -1.13. The molecule has 0 spiro atoms. The summed E-state index contributed by atoms with van der Waals surface area (Å²) < 4.78 is 13.2. The predicted molar refractivity (Wildman–Crippen MR) is 71.3 cm³/mol. The molecule has 1 N–H and O–H groups in total. The molecular formula is C12H12ClFN2S. The van der Waals surface area contributed by atoms with Crippen molar-refractivity contribution in [2.24, 2.45) is 0 Å². The van der Waals surface area contributed by atoms with Gasteiger partial charge in [0.25, 0.3) is 0 Å². The summed E-state index contributed by atoms with van der Waals surface area (Å²) in [6.45, 7) is 2.98. The van der Waals surface area contributed by atoms with Crippen LogP contribution in [0.15, 0.2) is 24.4 Å². The largest absolute Gasteiger partial charge is 0.362 e. The maximum atomic E-state index is 13.2. The Morgan fingerprint density at radius 3 is 2.94 bits per heavy atom. The summed E-state index contributed by atoms with van der Waals surface area (Å²) >= 11 is 7.31. The number of nitrogens with zero attached hydrogens (tertiary/aromatic N) is 1. The van der Waals surface area contributed by atoms with Crippen LogP contribution < -0.4 is 5.32 Å². The predicted octanol–water partition coefficient (Wildman–Crippen LogP) is 4.42. The third-order valence-electron chi connectivity index (χ3n) is 2.18. The van der Waals surface area contributed by atoms with Gasteiger partial charge in [0.15, 0.2) is 5.13 Å². The molecule has 2 nitrogen and oxygen atoms in total. The highest BCUT2D eigenvalue weighted by Crippen LogP contribution is 2.31. The Kier molecular flexibility index (Phi) is 3.97. The molecular weight excluding hydrogens is 259 g/mol. The third kappa shape index (κ3) is 3.17. The molecule has 0 atom stereocenters. The Morgan fingerprint density at radius 2 is 2.24 bits per heavy atom. The fraction of sp³-hybridized carbons (Fsp3) is 0.250. The summed E-state index contributed by atoms with van der Waals surface area (Å²) in [5.41, 5.74) is 0.761. The van der Waals surface area contributed by atoms with Gasteiger partial charge in [0, 0.05) is 17.8 Å². The molecule has 0 fully saturated rings. The minimum atomic E-state index is -0.330. The Bertz CT molecular complexity index is 493. The normalized spacial score (nSPS) is 10.5. The van der Waals surface area contributed by atoms with Crippen LogP contribution in [0.4, 0.5) is 9.52 Å². The van der Waals surface area contributed by atoms with Gasteiger partial charge in [-0.15, -0.1) is 0 Å². The van der Waals surface area contributed by atoms with E-state index in [2.05, 4.69) is 17.2 Å². The lowest BCUT2D eigenvalue weighted by atomic mass is 10.2. The van der Waals surface area contributed by atoms with E-state index in [0.29, 0.717) is 5.02 Å². The van der Waals surface area contributed by atoms with Crippen LogP contribution in [0, 0.1) is 5.82 Å². The molecule has 2 aromatic rings. The average molecular weight is 271 g/mol. The number of thiazole rings is 1. The van der Waals surface area contributed by atoms with Crippen molar-refractivity contribution in [3.63, 3.8) is 0 Å². The highest BCUT2D eigenvalue weighted by atomic mass is 35.5. The summed E-state index contributed by atoms with van der Waals surface area (Å²) in [5.74, 6) is -0.330. The van der Waals surface area contributed by atoms with E-state index in [1.807, 2.05) is 0 Å². The van der Waals surface area contributed by atoms with Crippen molar-refractivity contribution in [2.75, 3.05) is 11.9 Å². The zero-order valence-corrected chi connectivity index (χ0v) is 10.9. The van der Waals surface area contributed by atoms with Crippen molar-refractivity contribution in [3.8, 4) is 10.4 Å². The van der Waals surface area contributed by atoms with Gasteiger partial charge in [-0.1, -0.05) is 29.9 Å². The van der Waals surface area contributed by atoms with E-state index in [4.69, 9.17) is 11.6 Å². The van der Waals surface area contributed by atoms with Crippen LogP contribution in [0.25, 0.3) is 10.4 Å². The van der Waals surface area contributed by atoms with Gasteiger partial charge in [-0.25, -0.2) is 9.37 Å². The van der Waals surface area contributed by atoms with E-state index >= 15 is 0 Å². The first-order valence-corrected chi connectivity index (χ1v) is 6.54. The zero-order valence-electron chi connectivity index (χ0n) is 9.34. The fourth-order valence-corrected chi connectivity index (χ4v) is 2.47. The number of aromatic nitrogens is 1.